The summed E-state index contributed by atoms with van der Waals surface area (Å²) < 4.78 is 50.4. The van der Waals surface area contributed by atoms with E-state index >= 15 is 0 Å². The average Bonchev–Trinajstić information content (AvgIpc) is 2.35. The van der Waals surface area contributed by atoms with Crippen LogP contribution in [0.2, 0.25) is 0 Å². The first-order valence-corrected chi connectivity index (χ1v) is 7.37. The predicted octanol–water partition coefficient (Wildman–Crippen LogP) is 0.152. The summed E-state index contributed by atoms with van der Waals surface area (Å²) in [5, 5.41) is 12.6. The van der Waals surface area contributed by atoms with Crippen molar-refractivity contribution in [2.24, 2.45) is 0 Å². The predicted molar refractivity (Wildman–Crippen MR) is 68.2 cm³/mol. The molecule has 2 N–H and O–H groups in total. The number of nitro benzene ring substituents is 1. The van der Waals surface area contributed by atoms with Crippen LogP contribution in [0, 0.1) is 21.7 Å². The van der Waals surface area contributed by atoms with Crippen molar-refractivity contribution < 1.29 is 26.9 Å². The molecule has 0 aliphatic heterocycles. The van der Waals surface area contributed by atoms with Crippen LogP contribution < -0.4 is 10.0 Å². The third kappa shape index (κ3) is 5.04. The third-order valence-corrected chi connectivity index (χ3v) is 2.96. The Morgan fingerprint density at radius 1 is 1.33 bits per heavy atom. The molecule has 1 aromatic carbocycles. The molecule has 0 saturated heterocycles. The van der Waals surface area contributed by atoms with E-state index in [0.717, 1.165) is 6.26 Å². The van der Waals surface area contributed by atoms with Crippen molar-refractivity contribution in [3.8, 4) is 0 Å². The highest BCUT2D eigenvalue weighted by molar-refractivity contribution is 7.88. The zero-order chi connectivity index (χ0) is 16.2. The molecule has 0 unspecified atom stereocenters. The van der Waals surface area contributed by atoms with Gasteiger partial charge in [0.15, 0.2) is 0 Å². The topological polar surface area (TPSA) is 118 Å². The number of sulfonamides is 1. The molecule has 0 aliphatic rings. The van der Waals surface area contributed by atoms with Gasteiger partial charge in [-0.2, -0.15) is 4.39 Å². The van der Waals surface area contributed by atoms with Crippen LogP contribution in [-0.4, -0.2) is 38.6 Å². The molecular formula is C10H11F2N3O5S. The SMILES string of the molecule is CS(=O)(=O)NCCNC(=O)c1cc(F)cc([N+](=O)[O-])c1F. The van der Waals surface area contributed by atoms with Crippen molar-refractivity contribution in [2.45, 2.75) is 0 Å². The first kappa shape index (κ1) is 16.9. The second-order valence-corrected chi connectivity index (χ2v) is 5.80. The standard InChI is InChI=1S/C10H11F2N3O5S/c1-21(19,20)14-3-2-13-10(16)7-4-6(11)5-8(9(7)12)15(17)18/h4-5,14H,2-3H2,1H3,(H,13,16). The maximum Gasteiger partial charge on any atom is 0.308 e. The fraction of sp³-hybridized carbons (Fsp3) is 0.300. The van der Waals surface area contributed by atoms with E-state index in [1.54, 1.807) is 0 Å². The number of nitrogens with one attached hydrogen (secondary N) is 2. The highest BCUT2D eigenvalue weighted by Crippen LogP contribution is 2.22. The molecular weight excluding hydrogens is 312 g/mol. The molecule has 0 spiro atoms. The quantitative estimate of drug-likeness (QED) is 0.439. The smallest absolute Gasteiger partial charge is 0.308 e. The number of hydrogen-bond donors (Lipinski definition) is 2. The monoisotopic (exact) mass is 323 g/mol. The molecule has 21 heavy (non-hydrogen) atoms. The Labute approximate surface area is 118 Å². The maximum absolute atomic E-state index is 13.7. The van der Waals surface area contributed by atoms with E-state index in [2.05, 4.69) is 10.0 Å². The summed E-state index contributed by atoms with van der Waals surface area (Å²) in [5.74, 6) is -3.69. The Balaban J connectivity index is 2.81. The summed E-state index contributed by atoms with van der Waals surface area (Å²) >= 11 is 0. The Morgan fingerprint density at radius 3 is 2.48 bits per heavy atom. The van der Waals surface area contributed by atoms with Crippen LogP contribution >= 0.6 is 0 Å². The molecule has 1 rings (SSSR count). The van der Waals surface area contributed by atoms with Crippen LogP contribution in [0.4, 0.5) is 14.5 Å². The molecule has 0 atom stereocenters. The van der Waals surface area contributed by atoms with Gasteiger partial charge in [-0.15, -0.1) is 0 Å². The van der Waals surface area contributed by atoms with Gasteiger partial charge in [-0.05, 0) is 6.07 Å². The van der Waals surface area contributed by atoms with Crippen LogP contribution in [0.3, 0.4) is 0 Å². The number of rotatable bonds is 6. The Bertz CT molecular complexity index is 678. The number of halogens is 2. The van der Waals surface area contributed by atoms with Gasteiger partial charge in [0.25, 0.3) is 5.91 Å². The minimum atomic E-state index is -3.44. The van der Waals surface area contributed by atoms with E-state index in [-0.39, 0.29) is 13.1 Å². The van der Waals surface area contributed by atoms with Gasteiger partial charge in [-0.25, -0.2) is 17.5 Å². The average molecular weight is 323 g/mol. The molecule has 0 radical (unpaired) electrons. The van der Waals surface area contributed by atoms with Gasteiger partial charge in [0.2, 0.25) is 15.8 Å². The molecule has 0 bridgehead atoms. The van der Waals surface area contributed by atoms with E-state index in [4.69, 9.17) is 0 Å². The Kier molecular flexibility index (Phi) is 5.27. The van der Waals surface area contributed by atoms with Crippen molar-refractivity contribution in [3.05, 3.63) is 39.4 Å². The maximum atomic E-state index is 13.7. The lowest BCUT2D eigenvalue weighted by Gasteiger charge is -2.07. The van der Waals surface area contributed by atoms with E-state index in [0.29, 0.717) is 12.1 Å². The van der Waals surface area contributed by atoms with Gasteiger partial charge in [0.05, 0.1) is 22.8 Å². The number of amides is 1. The third-order valence-electron chi connectivity index (χ3n) is 2.23. The Hall–Kier alpha value is -2.14. The summed E-state index contributed by atoms with van der Waals surface area (Å²) in [4.78, 5) is 21.0. The molecule has 0 aliphatic carbocycles. The zero-order valence-corrected chi connectivity index (χ0v) is 11.5. The van der Waals surface area contributed by atoms with Gasteiger partial charge >= 0.3 is 5.69 Å². The van der Waals surface area contributed by atoms with Crippen molar-refractivity contribution in [1.82, 2.24) is 10.0 Å². The summed E-state index contributed by atoms with van der Waals surface area (Å²) in [7, 11) is -3.44. The number of carbonyl (C=O) groups excluding carboxylic acids is 1. The van der Waals surface area contributed by atoms with Gasteiger partial charge in [-0.3, -0.25) is 14.9 Å². The number of nitro groups is 1. The van der Waals surface area contributed by atoms with Gasteiger partial charge < -0.3 is 5.32 Å². The van der Waals surface area contributed by atoms with E-state index in [1.165, 1.54) is 0 Å². The fourth-order valence-corrected chi connectivity index (χ4v) is 1.85. The number of carbonyl (C=O) groups is 1. The van der Waals surface area contributed by atoms with E-state index in [1.807, 2.05) is 0 Å². The molecule has 11 heteroatoms. The first-order chi connectivity index (χ1) is 9.61. The summed E-state index contributed by atoms with van der Waals surface area (Å²) in [6.45, 7) is -0.362. The van der Waals surface area contributed by atoms with Crippen LogP contribution in [0.15, 0.2) is 12.1 Å². The summed E-state index contributed by atoms with van der Waals surface area (Å²) in [6.07, 6.45) is 0.907. The van der Waals surface area contributed by atoms with E-state index < -0.39 is 43.7 Å². The number of hydrogen-bond acceptors (Lipinski definition) is 5. The molecule has 116 valence electrons. The van der Waals surface area contributed by atoms with Gasteiger partial charge in [0, 0.05) is 13.1 Å². The van der Waals surface area contributed by atoms with Gasteiger partial charge in [-0.1, -0.05) is 0 Å². The normalized spacial score (nSPS) is 11.2. The molecule has 0 aromatic heterocycles. The van der Waals surface area contributed by atoms with Gasteiger partial charge in [0.1, 0.15) is 5.82 Å². The minimum Gasteiger partial charge on any atom is -0.351 e. The van der Waals surface area contributed by atoms with Crippen molar-refractivity contribution in [3.63, 3.8) is 0 Å². The largest absolute Gasteiger partial charge is 0.351 e. The molecule has 0 fully saturated rings. The molecule has 8 nitrogen and oxygen atoms in total. The van der Waals surface area contributed by atoms with Crippen molar-refractivity contribution in [2.75, 3.05) is 19.3 Å². The first-order valence-electron chi connectivity index (χ1n) is 5.48. The second kappa shape index (κ2) is 6.54. The lowest BCUT2D eigenvalue weighted by molar-refractivity contribution is -0.387. The van der Waals surface area contributed by atoms with Crippen molar-refractivity contribution >= 4 is 21.6 Å². The lowest BCUT2D eigenvalue weighted by atomic mass is 10.1. The fourth-order valence-electron chi connectivity index (χ4n) is 1.38. The highest BCUT2D eigenvalue weighted by atomic mass is 32.2. The zero-order valence-electron chi connectivity index (χ0n) is 10.7. The summed E-state index contributed by atoms with van der Waals surface area (Å²) in [6, 6.07) is 0.874. The molecule has 1 aromatic rings. The van der Waals surface area contributed by atoms with E-state index in [9.17, 15) is 32.1 Å². The summed E-state index contributed by atoms with van der Waals surface area (Å²) in [5.41, 5.74) is -1.99. The number of benzene rings is 1. The van der Waals surface area contributed by atoms with Crippen LogP contribution in [0.5, 0.6) is 0 Å². The molecule has 1 amide bonds. The molecule has 0 heterocycles. The van der Waals surface area contributed by atoms with Crippen LogP contribution in [0.25, 0.3) is 0 Å². The van der Waals surface area contributed by atoms with Crippen molar-refractivity contribution in [1.29, 1.82) is 0 Å². The minimum absolute atomic E-state index is 0.163. The number of nitrogens with zero attached hydrogens (tertiary/aromatic N) is 1. The second-order valence-electron chi connectivity index (χ2n) is 3.97. The van der Waals surface area contributed by atoms with Crippen LogP contribution in [0.1, 0.15) is 10.4 Å². The highest BCUT2D eigenvalue weighted by Gasteiger charge is 2.23. The van der Waals surface area contributed by atoms with Crippen LogP contribution in [-0.2, 0) is 10.0 Å². The molecule has 0 saturated carbocycles. The lowest BCUT2D eigenvalue weighted by Crippen LogP contribution is -2.34. The Morgan fingerprint density at radius 2 is 1.95 bits per heavy atom.